The molecule has 3 aromatic rings. The molecule has 0 spiro atoms. The summed E-state index contributed by atoms with van der Waals surface area (Å²) in [6.07, 6.45) is 0. The van der Waals surface area contributed by atoms with Crippen molar-refractivity contribution < 1.29 is 26.4 Å². The van der Waals surface area contributed by atoms with Gasteiger partial charge in [-0.2, -0.15) is 0 Å². The fourth-order valence-electron chi connectivity index (χ4n) is 2.66. The Morgan fingerprint density at radius 1 is 0.900 bits per heavy atom. The molecule has 3 rings (SSSR count). The number of nitrogens with one attached hydrogen (secondary N) is 1. The van der Waals surface area contributed by atoms with Crippen molar-refractivity contribution in [1.29, 1.82) is 0 Å². The summed E-state index contributed by atoms with van der Waals surface area (Å²) in [5.41, 5.74) is 0.730. The number of sulfonamides is 1. The summed E-state index contributed by atoms with van der Waals surface area (Å²) in [6.45, 7) is 1.87. The van der Waals surface area contributed by atoms with Crippen molar-refractivity contribution in [3.8, 4) is 0 Å². The number of rotatable bonds is 5. The van der Waals surface area contributed by atoms with Gasteiger partial charge in [-0.1, -0.05) is 23.8 Å². The molecule has 0 aliphatic carbocycles. The average Bonchev–Trinajstić information content (AvgIpc) is 2.72. The van der Waals surface area contributed by atoms with Crippen molar-refractivity contribution >= 4 is 27.3 Å². The normalized spacial score (nSPS) is 11.2. The zero-order valence-electron chi connectivity index (χ0n) is 16.0. The summed E-state index contributed by atoms with van der Waals surface area (Å²) < 4.78 is 67.1. The molecule has 0 bridgehead atoms. The average molecular weight is 434 g/mol. The van der Waals surface area contributed by atoms with Crippen molar-refractivity contribution in [1.82, 2.24) is 0 Å². The second-order valence-electron chi connectivity index (χ2n) is 6.54. The molecule has 0 saturated heterocycles. The van der Waals surface area contributed by atoms with Gasteiger partial charge in [0.1, 0.15) is 5.82 Å². The predicted molar refractivity (Wildman–Crippen MR) is 107 cm³/mol. The maximum absolute atomic E-state index is 13.8. The number of hydrogen-bond donors (Lipinski definition) is 1. The minimum Gasteiger partial charge on any atom is -0.319 e. The molecule has 5 nitrogen and oxygen atoms in total. The summed E-state index contributed by atoms with van der Waals surface area (Å²) in [7, 11) is -2.61. The second kappa shape index (κ2) is 8.19. The third kappa shape index (κ3) is 4.30. The predicted octanol–water partition coefficient (Wildman–Crippen LogP) is 4.49. The van der Waals surface area contributed by atoms with Gasteiger partial charge in [0.15, 0.2) is 11.6 Å². The van der Waals surface area contributed by atoms with Gasteiger partial charge < -0.3 is 5.32 Å². The molecule has 3 aromatic carbocycles. The van der Waals surface area contributed by atoms with E-state index >= 15 is 0 Å². The van der Waals surface area contributed by atoms with Gasteiger partial charge in [0.25, 0.3) is 15.9 Å². The zero-order chi connectivity index (χ0) is 22.1. The van der Waals surface area contributed by atoms with Crippen LogP contribution in [0, 0.1) is 24.4 Å². The van der Waals surface area contributed by atoms with Gasteiger partial charge in [-0.3, -0.25) is 9.10 Å². The minimum atomic E-state index is -3.98. The Hall–Kier alpha value is -3.33. The van der Waals surface area contributed by atoms with Gasteiger partial charge >= 0.3 is 0 Å². The van der Waals surface area contributed by atoms with Crippen LogP contribution in [-0.2, 0) is 10.0 Å². The first kappa shape index (κ1) is 21.4. The summed E-state index contributed by atoms with van der Waals surface area (Å²) in [5.74, 6) is -4.76. The summed E-state index contributed by atoms with van der Waals surface area (Å²) in [5, 5.41) is 2.11. The molecular formula is C21H17F3N2O3S. The van der Waals surface area contributed by atoms with Crippen LogP contribution in [0.2, 0.25) is 0 Å². The van der Waals surface area contributed by atoms with E-state index in [0.29, 0.717) is 17.8 Å². The first-order valence-corrected chi connectivity index (χ1v) is 10.1. The standard InChI is InChI=1S/C21H17F3N2O3S/c1-13-6-8-15(9-7-13)26(2)30(28,29)16-5-3-4-14(10-16)21(27)25-20-12-18(23)17(22)11-19(20)24/h3-12H,1-2H3,(H,25,27). The Labute approximate surface area is 171 Å². The van der Waals surface area contributed by atoms with Gasteiger partial charge in [-0.15, -0.1) is 0 Å². The summed E-state index contributed by atoms with van der Waals surface area (Å²) >= 11 is 0. The molecule has 30 heavy (non-hydrogen) atoms. The van der Waals surface area contributed by atoms with Crippen LogP contribution >= 0.6 is 0 Å². The highest BCUT2D eigenvalue weighted by Gasteiger charge is 2.23. The molecule has 0 aliphatic heterocycles. The maximum Gasteiger partial charge on any atom is 0.264 e. The minimum absolute atomic E-state index is 0.0995. The molecule has 0 radical (unpaired) electrons. The van der Waals surface area contributed by atoms with Crippen LogP contribution in [0.1, 0.15) is 15.9 Å². The van der Waals surface area contributed by atoms with E-state index in [0.717, 1.165) is 15.9 Å². The molecule has 0 aromatic heterocycles. The van der Waals surface area contributed by atoms with E-state index in [4.69, 9.17) is 0 Å². The molecule has 1 amide bonds. The number of amides is 1. The van der Waals surface area contributed by atoms with Crippen LogP contribution in [0.15, 0.2) is 65.6 Å². The Morgan fingerprint density at radius 2 is 1.53 bits per heavy atom. The highest BCUT2D eigenvalue weighted by Crippen LogP contribution is 2.24. The number of benzene rings is 3. The van der Waals surface area contributed by atoms with Crippen molar-refractivity contribution in [3.05, 3.63) is 89.2 Å². The lowest BCUT2D eigenvalue weighted by atomic mass is 10.2. The first-order chi connectivity index (χ1) is 14.1. The molecule has 0 aliphatic rings. The van der Waals surface area contributed by atoms with Crippen LogP contribution in [0.3, 0.4) is 0 Å². The van der Waals surface area contributed by atoms with Crippen molar-refractivity contribution in [3.63, 3.8) is 0 Å². The quantitative estimate of drug-likeness (QED) is 0.602. The number of aryl methyl sites for hydroxylation is 1. The third-order valence-electron chi connectivity index (χ3n) is 4.41. The molecule has 0 saturated carbocycles. The Kier molecular flexibility index (Phi) is 5.84. The molecule has 9 heteroatoms. The first-order valence-electron chi connectivity index (χ1n) is 8.71. The van der Waals surface area contributed by atoms with Crippen molar-refractivity contribution in [2.24, 2.45) is 0 Å². The number of carbonyl (C=O) groups is 1. The van der Waals surface area contributed by atoms with Crippen LogP contribution in [0.25, 0.3) is 0 Å². The number of carbonyl (C=O) groups excluding carboxylic acids is 1. The molecule has 0 atom stereocenters. The fourth-order valence-corrected chi connectivity index (χ4v) is 3.90. The SMILES string of the molecule is Cc1ccc(N(C)S(=O)(=O)c2cccc(C(=O)Nc3cc(F)c(F)cc3F)c2)cc1. The number of halogens is 3. The molecular weight excluding hydrogens is 417 g/mol. The lowest BCUT2D eigenvalue weighted by molar-refractivity contribution is 0.102. The number of hydrogen-bond acceptors (Lipinski definition) is 3. The van der Waals surface area contributed by atoms with Crippen molar-refractivity contribution in [2.75, 3.05) is 16.7 Å². The molecule has 1 N–H and O–H groups in total. The molecule has 156 valence electrons. The van der Waals surface area contributed by atoms with Gasteiger partial charge in [0.2, 0.25) is 0 Å². The lowest BCUT2D eigenvalue weighted by Gasteiger charge is -2.20. The van der Waals surface area contributed by atoms with Gasteiger partial charge in [-0.25, -0.2) is 21.6 Å². The number of anilines is 2. The van der Waals surface area contributed by atoms with Crippen molar-refractivity contribution in [2.45, 2.75) is 11.8 Å². The Morgan fingerprint density at radius 3 is 2.20 bits per heavy atom. The van der Waals surface area contributed by atoms with E-state index in [-0.39, 0.29) is 10.5 Å². The van der Waals surface area contributed by atoms with Crippen LogP contribution in [0.4, 0.5) is 24.5 Å². The molecule has 0 unspecified atom stereocenters. The topological polar surface area (TPSA) is 66.5 Å². The molecule has 0 heterocycles. The highest BCUT2D eigenvalue weighted by atomic mass is 32.2. The Bertz CT molecular complexity index is 1210. The fraction of sp³-hybridized carbons (Fsp3) is 0.0952. The van der Waals surface area contributed by atoms with Gasteiger partial charge in [0.05, 0.1) is 16.3 Å². The zero-order valence-corrected chi connectivity index (χ0v) is 16.8. The van der Waals surface area contributed by atoms with E-state index in [1.54, 1.807) is 24.3 Å². The lowest BCUT2D eigenvalue weighted by Crippen LogP contribution is -2.27. The van der Waals surface area contributed by atoms with Crippen LogP contribution < -0.4 is 9.62 Å². The molecule has 0 fully saturated rings. The van der Waals surface area contributed by atoms with Gasteiger partial charge in [-0.05, 0) is 37.3 Å². The van der Waals surface area contributed by atoms with E-state index in [1.165, 1.54) is 25.2 Å². The highest BCUT2D eigenvalue weighted by molar-refractivity contribution is 7.92. The number of nitrogens with zero attached hydrogens (tertiary/aromatic N) is 1. The smallest absolute Gasteiger partial charge is 0.264 e. The largest absolute Gasteiger partial charge is 0.319 e. The van der Waals surface area contributed by atoms with E-state index in [9.17, 15) is 26.4 Å². The Balaban J connectivity index is 1.89. The van der Waals surface area contributed by atoms with E-state index in [1.807, 2.05) is 6.92 Å². The van der Waals surface area contributed by atoms with Gasteiger partial charge in [0, 0.05) is 24.7 Å². The monoisotopic (exact) mass is 434 g/mol. The van der Waals surface area contributed by atoms with Crippen LogP contribution in [0.5, 0.6) is 0 Å². The third-order valence-corrected chi connectivity index (χ3v) is 6.19. The van der Waals surface area contributed by atoms with E-state index in [2.05, 4.69) is 5.32 Å². The second-order valence-corrected chi connectivity index (χ2v) is 8.51. The summed E-state index contributed by atoms with van der Waals surface area (Å²) in [4.78, 5) is 12.3. The summed E-state index contributed by atoms with van der Waals surface area (Å²) in [6, 6.07) is 12.7. The van der Waals surface area contributed by atoms with E-state index < -0.39 is 39.1 Å². The van der Waals surface area contributed by atoms with Crippen LogP contribution in [-0.4, -0.2) is 21.4 Å². The maximum atomic E-state index is 13.8.